The van der Waals surface area contributed by atoms with Gasteiger partial charge in [0.15, 0.2) is 0 Å². The maximum Gasteiger partial charge on any atom is 0.247 e. The van der Waals surface area contributed by atoms with Crippen molar-refractivity contribution in [3.63, 3.8) is 0 Å². The first kappa shape index (κ1) is 21.9. The molecule has 0 spiro atoms. The molecule has 0 saturated heterocycles. The van der Waals surface area contributed by atoms with Gasteiger partial charge in [-0.2, -0.15) is 0 Å². The summed E-state index contributed by atoms with van der Waals surface area (Å²) in [5.41, 5.74) is 1.99. The fourth-order valence-electron chi connectivity index (χ4n) is 4.00. The highest BCUT2D eigenvalue weighted by Gasteiger charge is 2.38. The first-order valence-corrected chi connectivity index (χ1v) is 12.4. The third kappa shape index (κ3) is 4.51. The van der Waals surface area contributed by atoms with Crippen molar-refractivity contribution in [2.24, 2.45) is 7.05 Å². The van der Waals surface area contributed by atoms with Crippen LogP contribution in [0.3, 0.4) is 0 Å². The molecular weight excluding hydrogens is 430 g/mol. The molecule has 164 valence electrons. The summed E-state index contributed by atoms with van der Waals surface area (Å²) in [7, 11) is 2.00. The number of carbonyl (C=O) groups is 2. The average molecular weight is 458 g/mol. The number of hydrogen-bond donors (Lipinski definition) is 1. The van der Waals surface area contributed by atoms with E-state index in [1.165, 1.54) is 11.8 Å². The molecule has 3 heterocycles. The van der Waals surface area contributed by atoms with Gasteiger partial charge in [-0.1, -0.05) is 36.0 Å². The van der Waals surface area contributed by atoms with Gasteiger partial charge in [0, 0.05) is 48.1 Å². The molecule has 8 heteroatoms. The summed E-state index contributed by atoms with van der Waals surface area (Å²) in [5, 5.41) is 7.06. The molecule has 1 aliphatic heterocycles. The Balaban J connectivity index is 1.73. The molecule has 2 aromatic heterocycles. The number of amides is 2. The number of hydrogen-bond acceptors (Lipinski definition) is 5. The van der Waals surface area contributed by atoms with Crippen LogP contribution in [0.2, 0.25) is 0 Å². The Hall–Kier alpha value is -2.29. The van der Waals surface area contributed by atoms with Gasteiger partial charge in [-0.3, -0.25) is 9.59 Å². The fraction of sp³-hybridized carbons (Fsp3) is 0.391. The highest BCUT2D eigenvalue weighted by Crippen LogP contribution is 2.42. The number of benzene rings is 1. The molecule has 1 atom stereocenters. The largest absolute Gasteiger partial charge is 0.382 e. The summed E-state index contributed by atoms with van der Waals surface area (Å²) < 4.78 is 7.49. The lowest BCUT2D eigenvalue weighted by Gasteiger charge is -2.29. The normalized spacial score (nSPS) is 16.4. The van der Waals surface area contributed by atoms with Gasteiger partial charge < -0.3 is 19.5 Å². The maximum atomic E-state index is 13.5. The minimum Gasteiger partial charge on any atom is -0.382 e. The standard InChI is InChI=1S/C23H27N3O3S2/c1-3-29-12-7-11-24-22(28)21-20-17-9-4-5-10-18(17)25(2)23(20)31-15-19(27)26(21)14-16-8-6-13-30-16/h4-6,8-10,13,21H,3,7,11-12,14-15H2,1-2H3,(H,24,28). The van der Waals surface area contributed by atoms with Crippen molar-refractivity contribution in [1.29, 1.82) is 0 Å². The van der Waals surface area contributed by atoms with E-state index in [0.717, 1.165) is 32.8 Å². The Morgan fingerprint density at radius 1 is 1.26 bits per heavy atom. The van der Waals surface area contributed by atoms with Crippen molar-refractivity contribution in [2.75, 3.05) is 25.5 Å². The summed E-state index contributed by atoms with van der Waals surface area (Å²) in [6.07, 6.45) is 0.738. The van der Waals surface area contributed by atoms with Gasteiger partial charge in [-0.05, 0) is 30.9 Å². The molecule has 0 aliphatic carbocycles. The molecule has 4 rings (SSSR count). The monoisotopic (exact) mass is 457 g/mol. The Kier molecular flexibility index (Phi) is 6.99. The highest BCUT2D eigenvalue weighted by molar-refractivity contribution is 8.00. The van der Waals surface area contributed by atoms with Crippen molar-refractivity contribution in [1.82, 2.24) is 14.8 Å². The number of nitrogens with zero attached hydrogens (tertiary/aromatic N) is 2. The zero-order valence-electron chi connectivity index (χ0n) is 17.8. The molecule has 0 radical (unpaired) electrons. The first-order chi connectivity index (χ1) is 15.1. The Morgan fingerprint density at radius 3 is 2.87 bits per heavy atom. The van der Waals surface area contributed by atoms with Crippen LogP contribution in [0.5, 0.6) is 0 Å². The van der Waals surface area contributed by atoms with Crippen LogP contribution in [-0.2, 0) is 27.9 Å². The summed E-state index contributed by atoms with van der Waals surface area (Å²) >= 11 is 3.12. The van der Waals surface area contributed by atoms with Gasteiger partial charge in [0.2, 0.25) is 11.8 Å². The van der Waals surface area contributed by atoms with Crippen molar-refractivity contribution in [2.45, 2.75) is 31.0 Å². The number of ether oxygens (including phenoxy) is 1. The summed E-state index contributed by atoms with van der Waals surface area (Å²) in [5.74, 6) is 0.158. The molecule has 1 unspecified atom stereocenters. The predicted octanol–water partition coefficient (Wildman–Crippen LogP) is 3.96. The van der Waals surface area contributed by atoms with E-state index < -0.39 is 6.04 Å². The molecule has 2 amide bonds. The molecule has 0 fully saturated rings. The Morgan fingerprint density at radius 2 is 2.10 bits per heavy atom. The third-order valence-electron chi connectivity index (χ3n) is 5.45. The fourth-order valence-corrected chi connectivity index (χ4v) is 5.80. The topological polar surface area (TPSA) is 63.6 Å². The number of rotatable bonds is 8. The van der Waals surface area contributed by atoms with E-state index in [1.807, 2.05) is 49.7 Å². The summed E-state index contributed by atoms with van der Waals surface area (Å²) in [4.78, 5) is 29.5. The molecule has 3 aromatic rings. The molecule has 6 nitrogen and oxygen atoms in total. The predicted molar refractivity (Wildman–Crippen MR) is 125 cm³/mol. The van der Waals surface area contributed by atoms with Crippen LogP contribution in [0, 0.1) is 0 Å². The van der Waals surface area contributed by atoms with Gasteiger partial charge in [-0.15, -0.1) is 11.3 Å². The van der Waals surface area contributed by atoms with Crippen LogP contribution < -0.4 is 5.32 Å². The lowest BCUT2D eigenvalue weighted by Crippen LogP contribution is -2.43. The molecular formula is C23H27N3O3S2. The molecule has 1 aromatic carbocycles. The average Bonchev–Trinajstić information content (AvgIpc) is 3.35. The van der Waals surface area contributed by atoms with Crippen molar-refractivity contribution >= 4 is 45.8 Å². The van der Waals surface area contributed by atoms with E-state index in [-0.39, 0.29) is 11.8 Å². The van der Waals surface area contributed by atoms with Crippen molar-refractivity contribution in [3.8, 4) is 0 Å². The minimum atomic E-state index is -0.669. The van der Waals surface area contributed by atoms with Crippen LogP contribution in [0.15, 0.2) is 46.8 Å². The summed E-state index contributed by atoms with van der Waals surface area (Å²) in [6, 6.07) is 11.4. The van der Waals surface area contributed by atoms with E-state index in [2.05, 4.69) is 16.0 Å². The van der Waals surface area contributed by atoms with E-state index >= 15 is 0 Å². The van der Waals surface area contributed by atoms with Gasteiger partial charge in [0.1, 0.15) is 6.04 Å². The van der Waals surface area contributed by atoms with Crippen LogP contribution in [0.25, 0.3) is 10.9 Å². The van der Waals surface area contributed by atoms with E-state index in [0.29, 0.717) is 32.1 Å². The number of aryl methyl sites for hydroxylation is 1. The second-order valence-electron chi connectivity index (χ2n) is 7.43. The maximum absolute atomic E-state index is 13.5. The Bertz CT molecular complexity index is 1060. The van der Waals surface area contributed by atoms with Crippen LogP contribution in [0.1, 0.15) is 29.8 Å². The van der Waals surface area contributed by atoms with Gasteiger partial charge in [-0.25, -0.2) is 0 Å². The number of fused-ring (bicyclic) bond motifs is 3. The van der Waals surface area contributed by atoms with E-state index in [1.54, 1.807) is 16.2 Å². The zero-order valence-corrected chi connectivity index (χ0v) is 19.4. The number of thiophene rings is 1. The second kappa shape index (κ2) is 9.89. The lowest BCUT2D eigenvalue weighted by atomic mass is 10.0. The van der Waals surface area contributed by atoms with Crippen molar-refractivity contribution in [3.05, 3.63) is 52.2 Å². The van der Waals surface area contributed by atoms with Crippen LogP contribution >= 0.6 is 23.1 Å². The molecule has 1 N–H and O–H groups in total. The lowest BCUT2D eigenvalue weighted by molar-refractivity contribution is -0.139. The zero-order chi connectivity index (χ0) is 21.8. The van der Waals surface area contributed by atoms with Crippen LogP contribution in [-0.4, -0.2) is 46.8 Å². The van der Waals surface area contributed by atoms with E-state index in [4.69, 9.17) is 4.74 Å². The summed E-state index contributed by atoms with van der Waals surface area (Å²) in [6.45, 7) is 4.17. The first-order valence-electron chi connectivity index (χ1n) is 10.5. The van der Waals surface area contributed by atoms with Gasteiger partial charge in [0.25, 0.3) is 0 Å². The van der Waals surface area contributed by atoms with Crippen LogP contribution in [0.4, 0.5) is 0 Å². The van der Waals surface area contributed by atoms with Gasteiger partial charge in [0.05, 0.1) is 17.3 Å². The number of aromatic nitrogens is 1. The van der Waals surface area contributed by atoms with Crippen molar-refractivity contribution < 1.29 is 14.3 Å². The Labute approximate surface area is 190 Å². The number of thioether (sulfide) groups is 1. The number of para-hydroxylation sites is 1. The SMILES string of the molecule is CCOCCCNC(=O)C1c2c(n(C)c3ccccc23)SCC(=O)N1Cc1cccs1. The molecule has 31 heavy (non-hydrogen) atoms. The molecule has 1 aliphatic rings. The van der Waals surface area contributed by atoms with E-state index in [9.17, 15) is 9.59 Å². The molecule has 0 saturated carbocycles. The highest BCUT2D eigenvalue weighted by atomic mass is 32.2. The third-order valence-corrected chi connectivity index (χ3v) is 7.47. The quantitative estimate of drug-likeness (QED) is 0.520. The smallest absolute Gasteiger partial charge is 0.247 e. The number of nitrogens with one attached hydrogen (secondary N) is 1. The van der Waals surface area contributed by atoms with Gasteiger partial charge >= 0.3 is 0 Å². The second-order valence-corrected chi connectivity index (χ2v) is 9.43. The minimum absolute atomic E-state index is 0.0202. The molecule has 0 bridgehead atoms. The number of carbonyl (C=O) groups excluding carboxylic acids is 2.